The number of rotatable bonds is 8. The number of hydrogen-bond acceptors (Lipinski definition) is 7. The summed E-state index contributed by atoms with van der Waals surface area (Å²) in [4.78, 5) is 33.3. The molecule has 0 aliphatic heterocycles. The van der Waals surface area contributed by atoms with Crippen LogP contribution in [0, 0.1) is 5.82 Å². The maximum atomic E-state index is 13.5. The first-order chi connectivity index (χ1) is 15.6. The number of carbonyl (C=O) groups is 2. The maximum Gasteiger partial charge on any atom is 0.314 e. The van der Waals surface area contributed by atoms with Crippen LogP contribution >= 0.6 is 0 Å². The fraction of sp³-hybridized carbons (Fsp3) is 0.417. The second kappa shape index (κ2) is 10.4. The van der Waals surface area contributed by atoms with Crippen molar-refractivity contribution in [2.24, 2.45) is 0 Å². The fourth-order valence-corrected chi connectivity index (χ4v) is 3.33. The first-order valence-electron chi connectivity index (χ1n) is 10.6. The topological polar surface area (TPSA) is 107 Å². The van der Waals surface area contributed by atoms with Gasteiger partial charge in [0.1, 0.15) is 17.8 Å². The van der Waals surface area contributed by atoms with Gasteiger partial charge >= 0.3 is 5.97 Å². The maximum absolute atomic E-state index is 13.5. The molecule has 0 amide bonds. The van der Waals surface area contributed by atoms with Crippen molar-refractivity contribution in [1.29, 1.82) is 0 Å². The van der Waals surface area contributed by atoms with Crippen LogP contribution in [-0.4, -0.2) is 49.0 Å². The molecule has 1 aromatic carbocycles. The van der Waals surface area contributed by atoms with E-state index in [2.05, 4.69) is 9.97 Å². The van der Waals surface area contributed by atoms with Crippen molar-refractivity contribution >= 4 is 33.8 Å². The van der Waals surface area contributed by atoms with E-state index in [0.29, 0.717) is 22.5 Å². The minimum absolute atomic E-state index is 0.0530. The van der Waals surface area contributed by atoms with Crippen LogP contribution in [0.15, 0.2) is 30.3 Å². The molecule has 0 N–H and O–H groups in total. The summed E-state index contributed by atoms with van der Waals surface area (Å²) in [6.45, 7) is 8.85. The van der Waals surface area contributed by atoms with Gasteiger partial charge in [-0.1, -0.05) is 13.8 Å². The lowest BCUT2D eigenvalue weighted by molar-refractivity contribution is -0.155. The number of ketones is 1. The van der Waals surface area contributed by atoms with Crippen LogP contribution in [0.2, 0.25) is 0 Å². The number of nitrogens with zero attached hydrogens (tertiary/aromatic N) is 3. The third-order valence-corrected chi connectivity index (χ3v) is 5.74. The molecule has 0 spiro atoms. The van der Waals surface area contributed by atoms with E-state index in [1.54, 1.807) is 20.8 Å². The van der Waals surface area contributed by atoms with Crippen molar-refractivity contribution in [3.63, 3.8) is 0 Å². The number of sulfonamides is 1. The Morgan fingerprint density at radius 3 is 2.24 bits per heavy atom. The molecule has 0 aliphatic carbocycles. The summed E-state index contributed by atoms with van der Waals surface area (Å²) in [5.74, 6) is -1.80. The average molecular weight is 492 g/mol. The smallest absolute Gasteiger partial charge is 0.314 e. The number of benzene rings is 1. The third-order valence-electron chi connectivity index (χ3n) is 4.58. The Bertz CT molecular complexity index is 1200. The molecule has 0 bridgehead atoms. The summed E-state index contributed by atoms with van der Waals surface area (Å²) in [5.41, 5.74) is 1.07. The summed E-state index contributed by atoms with van der Waals surface area (Å²) in [6.07, 6.45) is 3.32. The number of esters is 1. The Labute approximate surface area is 199 Å². The number of aromatic nitrogens is 2. The zero-order valence-electron chi connectivity index (χ0n) is 20.4. The number of anilines is 1. The molecular weight excluding hydrogens is 461 g/mol. The normalized spacial score (nSPS) is 12.3. The van der Waals surface area contributed by atoms with Crippen LogP contribution < -0.4 is 4.31 Å². The summed E-state index contributed by atoms with van der Waals surface area (Å²) in [6, 6.07) is 5.53. The van der Waals surface area contributed by atoms with E-state index in [9.17, 15) is 22.4 Å². The van der Waals surface area contributed by atoms with E-state index in [0.717, 1.165) is 10.6 Å². The SMILES string of the molecule is CC(C)c1nc(N(C)S(C)(=O)=O)nc(-c2ccc(F)cc2)c1/C=C/C(=O)CC(=O)OC(C)(C)C. The van der Waals surface area contributed by atoms with E-state index in [1.807, 2.05) is 13.8 Å². The molecule has 0 aliphatic rings. The molecule has 0 saturated heterocycles. The fourth-order valence-electron chi connectivity index (χ4n) is 2.95. The predicted octanol–water partition coefficient (Wildman–Crippen LogP) is 4.12. The first kappa shape index (κ1) is 27.1. The predicted molar refractivity (Wildman–Crippen MR) is 129 cm³/mol. The molecule has 0 radical (unpaired) electrons. The highest BCUT2D eigenvalue weighted by Crippen LogP contribution is 2.31. The molecule has 0 fully saturated rings. The molecule has 10 heteroatoms. The van der Waals surface area contributed by atoms with Gasteiger partial charge < -0.3 is 4.74 Å². The van der Waals surface area contributed by atoms with Crippen molar-refractivity contribution in [2.45, 2.75) is 52.6 Å². The molecule has 0 saturated carbocycles. The van der Waals surface area contributed by atoms with Gasteiger partial charge in [0.15, 0.2) is 5.78 Å². The number of ether oxygens (including phenoxy) is 1. The van der Waals surface area contributed by atoms with Crippen molar-refractivity contribution in [3.8, 4) is 11.3 Å². The lowest BCUT2D eigenvalue weighted by atomic mass is 9.97. The Balaban J connectivity index is 2.60. The minimum Gasteiger partial charge on any atom is -0.460 e. The van der Waals surface area contributed by atoms with Crippen LogP contribution in [0.5, 0.6) is 0 Å². The number of allylic oxidation sites excluding steroid dienone is 1. The van der Waals surface area contributed by atoms with Crippen molar-refractivity contribution < 1.29 is 27.1 Å². The van der Waals surface area contributed by atoms with Gasteiger partial charge in [0.05, 0.1) is 17.6 Å². The van der Waals surface area contributed by atoms with Crippen LogP contribution in [-0.2, 0) is 24.3 Å². The van der Waals surface area contributed by atoms with E-state index in [4.69, 9.17) is 4.74 Å². The summed E-state index contributed by atoms with van der Waals surface area (Å²) < 4.78 is 43.9. The number of carbonyl (C=O) groups excluding carboxylic acids is 2. The monoisotopic (exact) mass is 491 g/mol. The van der Waals surface area contributed by atoms with Crippen LogP contribution in [0.4, 0.5) is 10.3 Å². The highest BCUT2D eigenvalue weighted by atomic mass is 32.2. The third kappa shape index (κ3) is 7.44. The standard InChI is InChI=1S/C24H30FN3O5S/c1-15(2)21-19(13-12-18(29)14-20(30)33-24(3,4)5)22(16-8-10-17(25)11-9-16)27-23(26-21)28(6)34(7,31)32/h8-13,15H,14H2,1-7H3/b13-12+. The largest absolute Gasteiger partial charge is 0.460 e. The molecule has 34 heavy (non-hydrogen) atoms. The molecular formula is C24H30FN3O5S. The van der Waals surface area contributed by atoms with Gasteiger partial charge in [-0.2, -0.15) is 0 Å². The quantitative estimate of drug-likeness (QED) is 0.311. The highest BCUT2D eigenvalue weighted by Gasteiger charge is 2.23. The lowest BCUT2D eigenvalue weighted by Gasteiger charge is -2.20. The molecule has 1 aromatic heterocycles. The van der Waals surface area contributed by atoms with Gasteiger partial charge in [-0.15, -0.1) is 0 Å². The Morgan fingerprint density at radius 2 is 1.74 bits per heavy atom. The van der Waals surface area contributed by atoms with Crippen LogP contribution in [0.3, 0.4) is 0 Å². The number of hydrogen-bond donors (Lipinski definition) is 0. The number of halogens is 1. The Morgan fingerprint density at radius 1 is 1.15 bits per heavy atom. The molecule has 184 valence electrons. The van der Waals surface area contributed by atoms with E-state index in [1.165, 1.54) is 43.5 Å². The van der Waals surface area contributed by atoms with Crippen molar-refractivity contribution in [2.75, 3.05) is 17.6 Å². The van der Waals surface area contributed by atoms with Gasteiger partial charge in [-0.25, -0.2) is 27.1 Å². The molecule has 2 aromatic rings. The second-order valence-corrected chi connectivity index (χ2v) is 11.1. The van der Waals surface area contributed by atoms with Gasteiger partial charge in [-0.3, -0.25) is 9.59 Å². The van der Waals surface area contributed by atoms with Gasteiger partial charge in [0.25, 0.3) is 0 Å². The van der Waals surface area contributed by atoms with E-state index in [-0.39, 0.29) is 11.9 Å². The lowest BCUT2D eigenvalue weighted by Crippen LogP contribution is -2.27. The zero-order valence-corrected chi connectivity index (χ0v) is 21.2. The van der Waals surface area contributed by atoms with Crippen molar-refractivity contribution in [1.82, 2.24) is 9.97 Å². The van der Waals surface area contributed by atoms with Crippen molar-refractivity contribution in [3.05, 3.63) is 47.4 Å². The van der Waals surface area contributed by atoms with Gasteiger partial charge in [-0.05, 0) is 63.1 Å². The Hall–Kier alpha value is -3.14. The van der Waals surface area contributed by atoms with Gasteiger partial charge in [0.2, 0.25) is 16.0 Å². The first-order valence-corrected chi connectivity index (χ1v) is 12.5. The van der Waals surface area contributed by atoms with Crippen LogP contribution in [0.25, 0.3) is 17.3 Å². The molecule has 0 unspecified atom stereocenters. The minimum atomic E-state index is -3.65. The van der Waals surface area contributed by atoms with E-state index < -0.39 is 39.6 Å². The van der Waals surface area contributed by atoms with Crippen LogP contribution in [0.1, 0.15) is 58.2 Å². The van der Waals surface area contributed by atoms with E-state index >= 15 is 0 Å². The molecule has 8 nitrogen and oxygen atoms in total. The van der Waals surface area contributed by atoms with Gasteiger partial charge in [0, 0.05) is 18.2 Å². The highest BCUT2D eigenvalue weighted by molar-refractivity contribution is 7.92. The summed E-state index contributed by atoms with van der Waals surface area (Å²) in [5, 5.41) is 0. The summed E-state index contributed by atoms with van der Waals surface area (Å²) >= 11 is 0. The summed E-state index contributed by atoms with van der Waals surface area (Å²) in [7, 11) is -2.31. The zero-order chi connectivity index (χ0) is 25.8. The molecule has 1 heterocycles. The molecule has 0 atom stereocenters. The molecule has 2 rings (SSSR count). The average Bonchev–Trinajstić information content (AvgIpc) is 2.69. The Kier molecular flexibility index (Phi) is 8.31. The second-order valence-electron chi connectivity index (χ2n) is 9.13.